The van der Waals surface area contributed by atoms with Crippen LogP contribution in [0.25, 0.3) is 0 Å². The smallest absolute Gasteiger partial charge is 0.119 e. The van der Waals surface area contributed by atoms with Crippen molar-refractivity contribution in [1.82, 2.24) is 0 Å². The fourth-order valence-electron chi connectivity index (χ4n) is 1.86. The highest BCUT2D eigenvalue weighted by atomic mass is 16.5. The van der Waals surface area contributed by atoms with E-state index >= 15 is 0 Å². The summed E-state index contributed by atoms with van der Waals surface area (Å²) in [6.45, 7) is 9.43. The van der Waals surface area contributed by atoms with Crippen molar-refractivity contribution in [1.29, 1.82) is 0 Å². The maximum absolute atomic E-state index is 9.28. The van der Waals surface area contributed by atoms with E-state index in [0.717, 1.165) is 25.2 Å². The van der Waals surface area contributed by atoms with E-state index < -0.39 is 0 Å². The predicted octanol–water partition coefficient (Wildman–Crippen LogP) is 3.77. The molecule has 1 unspecified atom stereocenters. The molecule has 0 bridgehead atoms. The third-order valence-corrected chi connectivity index (χ3v) is 2.95. The molecule has 0 aliphatic carbocycles. The summed E-state index contributed by atoms with van der Waals surface area (Å²) < 4.78 is 5.81. The third-order valence-electron chi connectivity index (χ3n) is 2.95. The van der Waals surface area contributed by atoms with Gasteiger partial charge < -0.3 is 9.84 Å². The molecule has 0 aliphatic heterocycles. The number of aliphatic hydroxyl groups excluding tert-OH is 1. The van der Waals surface area contributed by atoms with E-state index in [9.17, 15) is 5.11 Å². The molecule has 18 heavy (non-hydrogen) atoms. The number of aryl methyl sites for hydroxylation is 1. The molecule has 0 aliphatic rings. The number of hydrogen-bond donors (Lipinski definition) is 1. The minimum Gasteiger partial charge on any atom is -0.493 e. The van der Waals surface area contributed by atoms with Gasteiger partial charge in [-0.2, -0.15) is 0 Å². The van der Waals surface area contributed by atoms with Gasteiger partial charge in [0.15, 0.2) is 0 Å². The molecule has 0 aromatic heterocycles. The van der Waals surface area contributed by atoms with Gasteiger partial charge in [0.05, 0.1) is 6.61 Å². The van der Waals surface area contributed by atoms with Crippen LogP contribution in [0.15, 0.2) is 18.2 Å². The second kappa shape index (κ2) is 7.42. The van der Waals surface area contributed by atoms with Gasteiger partial charge in [-0.3, -0.25) is 0 Å². The second-order valence-corrected chi connectivity index (χ2v) is 5.45. The van der Waals surface area contributed by atoms with Crippen LogP contribution in [0.5, 0.6) is 5.75 Å². The van der Waals surface area contributed by atoms with E-state index in [1.807, 2.05) is 6.92 Å². The molecule has 0 saturated carbocycles. The van der Waals surface area contributed by atoms with Gasteiger partial charge in [0.1, 0.15) is 5.75 Å². The van der Waals surface area contributed by atoms with E-state index in [-0.39, 0.29) is 12.5 Å². The Balaban J connectivity index is 2.90. The number of hydrogen-bond acceptors (Lipinski definition) is 2. The van der Waals surface area contributed by atoms with Crippen LogP contribution in [0.3, 0.4) is 0 Å². The second-order valence-electron chi connectivity index (χ2n) is 5.45. The molecule has 2 nitrogen and oxygen atoms in total. The van der Waals surface area contributed by atoms with Crippen molar-refractivity contribution in [3.05, 3.63) is 29.3 Å². The van der Waals surface area contributed by atoms with Crippen LogP contribution in [0, 0.1) is 5.92 Å². The van der Waals surface area contributed by atoms with Crippen LogP contribution in [-0.4, -0.2) is 18.3 Å². The van der Waals surface area contributed by atoms with Crippen LogP contribution in [-0.2, 0) is 6.42 Å². The van der Waals surface area contributed by atoms with Gasteiger partial charge in [-0.1, -0.05) is 40.2 Å². The normalized spacial score (nSPS) is 12.8. The van der Waals surface area contributed by atoms with Crippen LogP contribution in [0.4, 0.5) is 0 Å². The van der Waals surface area contributed by atoms with Crippen molar-refractivity contribution in [3.8, 4) is 5.75 Å². The summed E-state index contributed by atoms with van der Waals surface area (Å²) >= 11 is 0. The lowest BCUT2D eigenvalue weighted by Gasteiger charge is -2.15. The Morgan fingerprint density at radius 3 is 2.44 bits per heavy atom. The topological polar surface area (TPSA) is 29.5 Å². The van der Waals surface area contributed by atoms with Gasteiger partial charge in [0.25, 0.3) is 0 Å². The molecule has 1 N–H and O–H groups in total. The van der Waals surface area contributed by atoms with Crippen LogP contribution >= 0.6 is 0 Å². The summed E-state index contributed by atoms with van der Waals surface area (Å²) in [6.07, 6.45) is 2.19. The molecule has 0 saturated heterocycles. The summed E-state index contributed by atoms with van der Waals surface area (Å²) in [5.41, 5.74) is 2.47. The molecule has 1 aromatic rings. The first-order valence-corrected chi connectivity index (χ1v) is 6.94. The highest BCUT2D eigenvalue weighted by molar-refractivity contribution is 5.36. The minimum atomic E-state index is 0.170. The largest absolute Gasteiger partial charge is 0.493 e. The molecule has 1 atom stereocenters. The summed E-state index contributed by atoms with van der Waals surface area (Å²) in [4.78, 5) is 0. The zero-order valence-electron chi connectivity index (χ0n) is 12.1. The van der Waals surface area contributed by atoms with Gasteiger partial charge in [-0.05, 0) is 35.6 Å². The third kappa shape index (κ3) is 4.69. The molecule has 1 rings (SSSR count). The molecule has 0 amide bonds. The standard InChI is InChI=1S/C16H26O2/c1-5-6-14-7-15(13(4)10-17)9-16(8-14)18-11-12(2)3/h7-9,12-13,17H,5-6,10-11H2,1-4H3. The van der Waals surface area contributed by atoms with Crippen LogP contribution < -0.4 is 4.74 Å². The predicted molar refractivity (Wildman–Crippen MR) is 76.3 cm³/mol. The summed E-state index contributed by atoms with van der Waals surface area (Å²) in [6, 6.07) is 6.37. The molecular formula is C16H26O2. The van der Waals surface area contributed by atoms with Crippen molar-refractivity contribution in [2.24, 2.45) is 5.92 Å². The minimum absolute atomic E-state index is 0.170. The number of rotatable bonds is 7. The van der Waals surface area contributed by atoms with Crippen molar-refractivity contribution >= 4 is 0 Å². The molecule has 102 valence electrons. The molecule has 1 aromatic carbocycles. The number of ether oxygens (including phenoxy) is 1. The van der Waals surface area contributed by atoms with E-state index in [1.165, 1.54) is 11.1 Å². The maximum atomic E-state index is 9.28. The monoisotopic (exact) mass is 250 g/mol. The number of benzene rings is 1. The molecular weight excluding hydrogens is 224 g/mol. The molecule has 0 heterocycles. The van der Waals surface area contributed by atoms with Crippen molar-refractivity contribution in [2.75, 3.05) is 13.2 Å². The summed E-state index contributed by atoms with van der Waals surface area (Å²) in [5, 5.41) is 9.28. The van der Waals surface area contributed by atoms with Gasteiger partial charge >= 0.3 is 0 Å². The summed E-state index contributed by atoms with van der Waals surface area (Å²) in [7, 11) is 0. The first-order chi connectivity index (χ1) is 8.56. The first-order valence-electron chi connectivity index (χ1n) is 6.94. The highest BCUT2D eigenvalue weighted by Gasteiger charge is 2.08. The fourth-order valence-corrected chi connectivity index (χ4v) is 1.86. The zero-order chi connectivity index (χ0) is 13.5. The molecule has 0 fully saturated rings. The van der Waals surface area contributed by atoms with Crippen molar-refractivity contribution in [2.45, 2.75) is 46.5 Å². The first kappa shape index (κ1) is 15.0. The Labute approximate surface area is 111 Å². The van der Waals surface area contributed by atoms with Gasteiger partial charge in [0, 0.05) is 12.5 Å². The lowest BCUT2D eigenvalue weighted by atomic mass is 9.98. The van der Waals surface area contributed by atoms with Crippen LogP contribution in [0.2, 0.25) is 0 Å². The Bertz CT molecular complexity index is 358. The fraction of sp³-hybridized carbons (Fsp3) is 0.625. The number of aliphatic hydroxyl groups is 1. The average Bonchev–Trinajstić information content (AvgIpc) is 2.35. The SMILES string of the molecule is CCCc1cc(OCC(C)C)cc(C(C)CO)c1. The van der Waals surface area contributed by atoms with Gasteiger partial charge in [-0.25, -0.2) is 0 Å². The highest BCUT2D eigenvalue weighted by Crippen LogP contribution is 2.24. The lowest BCUT2D eigenvalue weighted by Crippen LogP contribution is -2.06. The maximum Gasteiger partial charge on any atom is 0.119 e. The zero-order valence-corrected chi connectivity index (χ0v) is 12.1. The Morgan fingerprint density at radius 1 is 1.17 bits per heavy atom. The van der Waals surface area contributed by atoms with E-state index in [2.05, 4.69) is 39.0 Å². The van der Waals surface area contributed by atoms with Crippen LogP contribution in [0.1, 0.15) is 51.2 Å². The molecule has 0 radical (unpaired) electrons. The van der Waals surface area contributed by atoms with Gasteiger partial charge in [0.2, 0.25) is 0 Å². The van der Waals surface area contributed by atoms with E-state index in [4.69, 9.17) is 4.74 Å². The Hall–Kier alpha value is -1.02. The Morgan fingerprint density at radius 2 is 1.89 bits per heavy atom. The summed E-state index contributed by atoms with van der Waals surface area (Å²) in [5.74, 6) is 1.63. The molecule has 2 heteroatoms. The quantitative estimate of drug-likeness (QED) is 0.798. The van der Waals surface area contributed by atoms with E-state index in [1.54, 1.807) is 0 Å². The molecule has 0 spiro atoms. The van der Waals surface area contributed by atoms with E-state index in [0.29, 0.717) is 5.92 Å². The average molecular weight is 250 g/mol. The van der Waals surface area contributed by atoms with Crippen molar-refractivity contribution < 1.29 is 9.84 Å². The lowest BCUT2D eigenvalue weighted by molar-refractivity contribution is 0.265. The van der Waals surface area contributed by atoms with Gasteiger partial charge in [-0.15, -0.1) is 0 Å². The van der Waals surface area contributed by atoms with Crippen molar-refractivity contribution in [3.63, 3.8) is 0 Å². The Kier molecular flexibility index (Phi) is 6.20.